The summed E-state index contributed by atoms with van der Waals surface area (Å²) in [5.41, 5.74) is 5.39. The molecule has 6 nitrogen and oxygen atoms in total. The Labute approximate surface area is 94.8 Å². The summed E-state index contributed by atoms with van der Waals surface area (Å²) < 4.78 is 6.70. The molecule has 0 spiro atoms. The van der Waals surface area contributed by atoms with Gasteiger partial charge in [-0.15, -0.1) is 0 Å². The molecule has 0 fully saturated rings. The molecule has 0 saturated heterocycles. The minimum absolute atomic E-state index is 0.0170. The topological polar surface area (TPSA) is 82.2 Å². The predicted octanol–water partition coefficient (Wildman–Crippen LogP) is -0.638. The quantitative estimate of drug-likeness (QED) is 0.676. The largest absolute Gasteiger partial charge is 0.370 e. The van der Waals surface area contributed by atoms with E-state index in [-0.39, 0.29) is 18.5 Å². The third-order valence-electron chi connectivity index (χ3n) is 2.20. The first kappa shape index (κ1) is 12.7. The Kier molecular flexibility index (Phi) is 4.94. The van der Waals surface area contributed by atoms with E-state index in [9.17, 15) is 4.79 Å². The van der Waals surface area contributed by atoms with Crippen molar-refractivity contribution in [1.29, 1.82) is 0 Å². The van der Waals surface area contributed by atoms with Crippen LogP contribution in [0.4, 0.5) is 0 Å². The van der Waals surface area contributed by atoms with Gasteiger partial charge in [0.25, 0.3) is 5.91 Å². The van der Waals surface area contributed by atoms with Gasteiger partial charge < -0.3 is 15.8 Å². The number of hydrogen-bond acceptors (Lipinski definition) is 4. The van der Waals surface area contributed by atoms with E-state index in [0.717, 1.165) is 0 Å². The minimum Gasteiger partial charge on any atom is -0.370 e. The molecule has 90 valence electrons. The van der Waals surface area contributed by atoms with Crippen LogP contribution in [0.25, 0.3) is 0 Å². The van der Waals surface area contributed by atoms with Crippen molar-refractivity contribution in [3.8, 4) is 0 Å². The second-order valence-corrected chi connectivity index (χ2v) is 3.60. The molecular formula is C10H18N4O2. The summed E-state index contributed by atoms with van der Waals surface area (Å²) in [5.74, 6) is -0.190. The fourth-order valence-electron chi connectivity index (χ4n) is 1.38. The monoisotopic (exact) mass is 226 g/mol. The predicted molar refractivity (Wildman–Crippen MR) is 59.7 cm³/mol. The van der Waals surface area contributed by atoms with Crippen LogP contribution in [0.2, 0.25) is 0 Å². The zero-order chi connectivity index (χ0) is 12.0. The van der Waals surface area contributed by atoms with Gasteiger partial charge in [-0.05, 0) is 13.0 Å². The van der Waals surface area contributed by atoms with E-state index < -0.39 is 6.10 Å². The number of nitrogens with two attached hydrogens (primary N) is 1. The van der Waals surface area contributed by atoms with Gasteiger partial charge in [-0.3, -0.25) is 9.48 Å². The van der Waals surface area contributed by atoms with Crippen molar-refractivity contribution in [3.05, 3.63) is 18.5 Å². The molecule has 0 radical (unpaired) electrons. The molecule has 3 N–H and O–H groups in total. The highest BCUT2D eigenvalue weighted by molar-refractivity contribution is 5.81. The van der Waals surface area contributed by atoms with E-state index in [4.69, 9.17) is 10.5 Å². The number of nitrogens with zero attached hydrogens (tertiary/aromatic N) is 2. The van der Waals surface area contributed by atoms with E-state index in [1.807, 2.05) is 19.2 Å². The Morgan fingerprint density at radius 2 is 2.44 bits per heavy atom. The van der Waals surface area contributed by atoms with Gasteiger partial charge in [-0.2, -0.15) is 5.10 Å². The number of methoxy groups -OCH3 is 1. The van der Waals surface area contributed by atoms with Gasteiger partial charge >= 0.3 is 0 Å². The lowest BCUT2D eigenvalue weighted by atomic mass is 10.2. The molecule has 16 heavy (non-hydrogen) atoms. The van der Waals surface area contributed by atoms with Crippen LogP contribution in [0.1, 0.15) is 6.92 Å². The van der Waals surface area contributed by atoms with Crippen LogP contribution in [0.3, 0.4) is 0 Å². The first-order chi connectivity index (χ1) is 7.67. The van der Waals surface area contributed by atoms with Crippen molar-refractivity contribution in [2.45, 2.75) is 25.6 Å². The average molecular weight is 226 g/mol. The molecule has 0 aliphatic heterocycles. The van der Waals surface area contributed by atoms with Crippen LogP contribution in [0, 0.1) is 0 Å². The molecule has 0 aromatic carbocycles. The number of rotatable bonds is 6. The summed E-state index contributed by atoms with van der Waals surface area (Å²) in [6, 6.07) is 1.82. The van der Waals surface area contributed by atoms with Crippen molar-refractivity contribution in [2.75, 3.05) is 13.7 Å². The zero-order valence-electron chi connectivity index (χ0n) is 9.59. The van der Waals surface area contributed by atoms with Crippen LogP contribution in [0.5, 0.6) is 0 Å². The first-order valence-electron chi connectivity index (χ1n) is 5.18. The summed E-state index contributed by atoms with van der Waals surface area (Å²) in [7, 11) is 1.47. The Morgan fingerprint density at radius 1 is 1.69 bits per heavy atom. The highest BCUT2D eigenvalue weighted by Crippen LogP contribution is 1.93. The maximum Gasteiger partial charge on any atom is 0.250 e. The molecule has 0 saturated carbocycles. The summed E-state index contributed by atoms with van der Waals surface area (Å²) in [4.78, 5) is 11.6. The Hall–Kier alpha value is -1.40. The molecule has 1 heterocycles. The lowest BCUT2D eigenvalue weighted by Crippen LogP contribution is -2.45. The number of aromatic nitrogens is 2. The molecule has 6 heteroatoms. The fraction of sp³-hybridized carbons (Fsp3) is 0.600. The van der Waals surface area contributed by atoms with Crippen molar-refractivity contribution >= 4 is 5.91 Å². The maximum absolute atomic E-state index is 11.6. The van der Waals surface area contributed by atoms with Crippen molar-refractivity contribution in [3.63, 3.8) is 0 Å². The first-order valence-corrected chi connectivity index (χ1v) is 5.18. The molecule has 1 aromatic heterocycles. The summed E-state index contributed by atoms with van der Waals surface area (Å²) >= 11 is 0. The number of carbonyl (C=O) groups excluding carboxylic acids is 1. The van der Waals surface area contributed by atoms with E-state index in [2.05, 4.69) is 10.4 Å². The second kappa shape index (κ2) is 6.24. The third-order valence-corrected chi connectivity index (χ3v) is 2.20. The molecule has 2 unspecified atom stereocenters. The van der Waals surface area contributed by atoms with E-state index >= 15 is 0 Å². The number of carbonyl (C=O) groups is 1. The van der Waals surface area contributed by atoms with Crippen LogP contribution in [-0.2, 0) is 16.1 Å². The number of hydrogen-bond donors (Lipinski definition) is 2. The number of ether oxygens (including phenoxy) is 1. The van der Waals surface area contributed by atoms with Crippen molar-refractivity contribution in [1.82, 2.24) is 15.1 Å². The van der Waals surface area contributed by atoms with Crippen LogP contribution in [0.15, 0.2) is 18.5 Å². The summed E-state index contributed by atoms with van der Waals surface area (Å²) in [5, 5.41) is 6.87. The lowest BCUT2D eigenvalue weighted by molar-refractivity contribution is -0.131. The average Bonchev–Trinajstić information content (AvgIpc) is 2.71. The van der Waals surface area contributed by atoms with Crippen LogP contribution in [-0.4, -0.2) is 41.5 Å². The lowest BCUT2D eigenvalue weighted by Gasteiger charge is -2.18. The van der Waals surface area contributed by atoms with Gasteiger partial charge in [0.05, 0.1) is 6.54 Å². The molecule has 1 rings (SSSR count). The van der Waals surface area contributed by atoms with Crippen LogP contribution < -0.4 is 11.1 Å². The smallest absolute Gasteiger partial charge is 0.250 e. The minimum atomic E-state index is -0.583. The van der Waals surface area contributed by atoms with Gasteiger partial charge in [-0.1, -0.05) is 0 Å². The Morgan fingerprint density at radius 3 is 2.94 bits per heavy atom. The zero-order valence-corrected chi connectivity index (χ0v) is 9.59. The van der Waals surface area contributed by atoms with Gasteiger partial charge in [0.1, 0.15) is 6.10 Å². The van der Waals surface area contributed by atoms with Crippen molar-refractivity contribution < 1.29 is 9.53 Å². The van der Waals surface area contributed by atoms with Gasteiger partial charge in [-0.25, -0.2) is 0 Å². The van der Waals surface area contributed by atoms with E-state index in [0.29, 0.717) is 6.54 Å². The second-order valence-electron chi connectivity index (χ2n) is 3.60. The standard InChI is InChI=1S/C10H18N4O2/c1-8(7-14-5-3-4-12-14)13-10(15)9(6-11)16-2/h3-5,8-9H,6-7,11H2,1-2H3,(H,13,15). The molecule has 0 aliphatic rings. The van der Waals surface area contributed by atoms with Gasteiger partial charge in [0.15, 0.2) is 0 Å². The van der Waals surface area contributed by atoms with Gasteiger partial charge in [0.2, 0.25) is 0 Å². The highest BCUT2D eigenvalue weighted by Gasteiger charge is 2.17. The van der Waals surface area contributed by atoms with Crippen LogP contribution >= 0.6 is 0 Å². The molecule has 1 aromatic rings. The molecule has 0 aliphatic carbocycles. The highest BCUT2D eigenvalue weighted by atomic mass is 16.5. The van der Waals surface area contributed by atoms with E-state index in [1.165, 1.54) is 7.11 Å². The molecule has 2 atom stereocenters. The van der Waals surface area contributed by atoms with Gasteiger partial charge in [0, 0.05) is 32.1 Å². The summed E-state index contributed by atoms with van der Waals surface area (Å²) in [6.07, 6.45) is 2.96. The van der Waals surface area contributed by atoms with Crippen molar-refractivity contribution in [2.24, 2.45) is 5.73 Å². The fourth-order valence-corrected chi connectivity index (χ4v) is 1.38. The third kappa shape index (κ3) is 3.63. The molecular weight excluding hydrogens is 208 g/mol. The normalized spacial score (nSPS) is 14.4. The SMILES string of the molecule is COC(CN)C(=O)NC(C)Cn1cccn1. The molecule has 0 bridgehead atoms. The molecule has 1 amide bonds. The van der Waals surface area contributed by atoms with E-state index in [1.54, 1.807) is 10.9 Å². The number of amides is 1. The number of nitrogens with one attached hydrogen (secondary N) is 1. The maximum atomic E-state index is 11.6. The Bertz CT molecular complexity index is 309. The summed E-state index contributed by atoms with van der Waals surface area (Å²) in [6.45, 7) is 2.71. The Balaban J connectivity index is 2.39.